The quantitative estimate of drug-likeness (QED) is 0.201. The summed E-state index contributed by atoms with van der Waals surface area (Å²) in [6, 6.07) is 26.2. The van der Waals surface area contributed by atoms with E-state index in [4.69, 9.17) is 9.15 Å². The molecule has 0 saturated heterocycles. The van der Waals surface area contributed by atoms with Gasteiger partial charge in [-0.05, 0) is 55.2 Å². The van der Waals surface area contributed by atoms with Crippen molar-refractivity contribution in [3.8, 4) is 5.75 Å². The molecule has 0 fully saturated rings. The van der Waals surface area contributed by atoms with Gasteiger partial charge in [0.25, 0.3) is 5.91 Å². The number of ether oxygens (including phenoxy) is 1. The van der Waals surface area contributed by atoms with Crippen LogP contribution in [0.4, 0.5) is 0 Å². The van der Waals surface area contributed by atoms with Gasteiger partial charge in [0, 0.05) is 30.2 Å². The van der Waals surface area contributed by atoms with E-state index in [9.17, 15) is 4.79 Å². The molecule has 7 heteroatoms. The topological polar surface area (TPSA) is 83.4 Å². The minimum atomic E-state index is -0.252. The largest absolute Gasteiger partial charge is 0.494 e. The number of fused-ring (bicyclic) bond motifs is 1. The number of carbonyl (C=O) groups excluding carboxylic acids is 1. The van der Waals surface area contributed by atoms with Gasteiger partial charge in [-0.2, -0.15) is 0 Å². The van der Waals surface area contributed by atoms with Gasteiger partial charge in [-0.1, -0.05) is 60.7 Å². The van der Waals surface area contributed by atoms with Crippen LogP contribution in [0.15, 0.2) is 95.7 Å². The Morgan fingerprint density at radius 1 is 1.03 bits per heavy atom. The summed E-state index contributed by atoms with van der Waals surface area (Å²) < 4.78 is 11.4. The monoisotopic (exact) mass is 522 g/mol. The molecule has 2 N–H and O–H groups in total. The molecule has 39 heavy (non-hydrogen) atoms. The molecular formula is C32H34N4O3. The number of aromatic amines is 1. The Kier molecular flexibility index (Phi) is 8.39. The van der Waals surface area contributed by atoms with Crippen molar-refractivity contribution in [3.05, 3.63) is 120 Å². The van der Waals surface area contributed by atoms with Crippen LogP contribution in [0.1, 0.15) is 53.0 Å². The number of hydrogen-bond donors (Lipinski definition) is 2. The van der Waals surface area contributed by atoms with E-state index in [1.807, 2.05) is 62.4 Å². The van der Waals surface area contributed by atoms with Crippen molar-refractivity contribution in [2.45, 2.75) is 39.4 Å². The molecule has 2 heterocycles. The van der Waals surface area contributed by atoms with Crippen molar-refractivity contribution in [2.75, 3.05) is 13.2 Å². The van der Waals surface area contributed by atoms with Gasteiger partial charge < -0.3 is 19.5 Å². The highest BCUT2D eigenvalue weighted by Crippen LogP contribution is 2.20. The molecule has 0 saturated carbocycles. The van der Waals surface area contributed by atoms with Crippen LogP contribution in [0.5, 0.6) is 5.75 Å². The Morgan fingerprint density at radius 2 is 1.79 bits per heavy atom. The van der Waals surface area contributed by atoms with E-state index in [2.05, 4.69) is 56.7 Å². The summed E-state index contributed by atoms with van der Waals surface area (Å²) in [5.41, 5.74) is 4.89. The van der Waals surface area contributed by atoms with E-state index in [0.29, 0.717) is 25.6 Å². The molecule has 0 unspecified atom stereocenters. The molecule has 3 aromatic carbocycles. The lowest BCUT2D eigenvalue weighted by atomic mass is 10.1. The molecule has 5 aromatic rings. The first-order valence-electron chi connectivity index (χ1n) is 13.4. The zero-order valence-electron chi connectivity index (χ0n) is 22.4. The van der Waals surface area contributed by atoms with E-state index < -0.39 is 0 Å². The molecule has 0 spiro atoms. The first kappa shape index (κ1) is 26.3. The Hall–Kier alpha value is -4.36. The van der Waals surface area contributed by atoms with Gasteiger partial charge in [-0.3, -0.25) is 9.69 Å². The molecule has 0 aliphatic carbocycles. The van der Waals surface area contributed by atoms with Crippen LogP contribution in [0, 0.1) is 0 Å². The first-order chi connectivity index (χ1) is 19.1. The van der Waals surface area contributed by atoms with Crippen molar-refractivity contribution < 1.29 is 13.9 Å². The van der Waals surface area contributed by atoms with Gasteiger partial charge in [-0.25, -0.2) is 4.98 Å². The maximum absolute atomic E-state index is 12.8. The minimum Gasteiger partial charge on any atom is -0.494 e. The SMILES string of the molecule is CCOc1ccc(CN(CCc2c[nH]c3ccccc23)Cc2nc(C(=O)N[C@H](C)c3ccccc3)co2)cc1. The normalized spacial score (nSPS) is 12.1. The number of nitrogens with zero attached hydrogens (tertiary/aromatic N) is 2. The van der Waals surface area contributed by atoms with E-state index in [1.165, 1.54) is 22.8 Å². The van der Waals surface area contributed by atoms with Crippen LogP contribution in [0.2, 0.25) is 0 Å². The van der Waals surface area contributed by atoms with Crippen molar-refractivity contribution in [1.82, 2.24) is 20.2 Å². The highest BCUT2D eigenvalue weighted by molar-refractivity contribution is 5.92. The molecule has 1 amide bonds. The summed E-state index contributed by atoms with van der Waals surface area (Å²) >= 11 is 0. The fraction of sp³-hybridized carbons (Fsp3) is 0.250. The maximum Gasteiger partial charge on any atom is 0.273 e. The highest BCUT2D eigenvalue weighted by atomic mass is 16.5. The van der Waals surface area contributed by atoms with Gasteiger partial charge in [-0.15, -0.1) is 0 Å². The highest BCUT2D eigenvalue weighted by Gasteiger charge is 2.18. The number of hydrogen-bond acceptors (Lipinski definition) is 5. The van der Waals surface area contributed by atoms with Crippen LogP contribution < -0.4 is 10.1 Å². The second kappa shape index (κ2) is 12.5. The molecular weight excluding hydrogens is 488 g/mol. The van der Waals surface area contributed by atoms with E-state index in [1.54, 1.807) is 0 Å². The summed E-state index contributed by atoms with van der Waals surface area (Å²) in [6.07, 6.45) is 4.39. The number of H-pyrrole nitrogens is 1. The standard InChI is InChI=1S/C32H34N4O3/c1-3-38-27-15-13-24(14-16-27)20-36(18-17-26-19-33-29-12-8-7-11-28(26)29)21-31-35-30(22-39-31)32(37)34-23(2)25-9-5-4-6-10-25/h4-16,19,22-23,33H,3,17-18,20-21H2,1-2H3,(H,34,37)/t23-/m1/s1. The van der Waals surface area contributed by atoms with E-state index >= 15 is 0 Å². The number of carbonyl (C=O) groups is 1. The Morgan fingerprint density at radius 3 is 2.59 bits per heavy atom. The molecule has 5 rings (SSSR count). The fourth-order valence-corrected chi connectivity index (χ4v) is 4.72. The summed E-state index contributed by atoms with van der Waals surface area (Å²) in [5, 5.41) is 4.24. The number of benzene rings is 3. The van der Waals surface area contributed by atoms with Crippen LogP contribution in [-0.2, 0) is 19.5 Å². The minimum absolute atomic E-state index is 0.133. The van der Waals surface area contributed by atoms with Gasteiger partial charge in [0.15, 0.2) is 5.69 Å². The zero-order chi connectivity index (χ0) is 27.0. The van der Waals surface area contributed by atoms with Gasteiger partial charge in [0.2, 0.25) is 5.89 Å². The lowest BCUT2D eigenvalue weighted by molar-refractivity contribution is 0.0934. The van der Waals surface area contributed by atoms with Crippen LogP contribution in [0.3, 0.4) is 0 Å². The van der Waals surface area contributed by atoms with E-state index in [0.717, 1.165) is 29.8 Å². The van der Waals surface area contributed by atoms with Gasteiger partial charge >= 0.3 is 0 Å². The van der Waals surface area contributed by atoms with E-state index in [-0.39, 0.29) is 17.6 Å². The number of para-hydroxylation sites is 1. The Bertz CT molecular complexity index is 1490. The first-order valence-corrected chi connectivity index (χ1v) is 13.4. The molecule has 0 radical (unpaired) electrons. The third-order valence-electron chi connectivity index (χ3n) is 6.80. The zero-order valence-corrected chi connectivity index (χ0v) is 22.4. The average Bonchev–Trinajstić information content (AvgIpc) is 3.61. The summed E-state index contributed by atoms with van der Waals surface area (Å²) in [5.74, 6) is 1.12. The second-order valence-corrected chi connectivity index (χ2v) is 9.63. The number of rotatable bonds is 12. The molecule has 0 aliphatic heterocycles. The van der Waals surface area contributed by atoms with Crippen LogP contribution in [0.25, 0.3) is 10.9 Å². The molecule has 0 aliphatic rings. The summed E-state index contributed by atoms with van der Waals surface area (Å²) in [6.45, 7) is 6.57. The molecule has 2 aromatic heterocycles. The lowest BCUT2D eigenvalue weighted by Gasteiger charge is -2.21. The lowest BCUT2D eigenvalue weighted by Crippen LogP contribution is -2.27. The third kappa shape index (κ3) is 6.75. The smallest absolute Gasteiger partial charge is 0.273 e. The number of aromatic nitrogens is 2. The maximum atomic E-state index is 12.8. The fourth-order valence-electron chi connectivity index (χ4n) is 4.72. The molecule has 0 bridgehead atoms. The summed E-state index contributed by atoms with van der Waals surface area (Å²) in [7, 11) is 0. The predicted molar refractivity (Wildman–Crippen MR) is 153 cm³/mol. The van der Waals surface area contributed by atoms with Crippen LogP contribution in [-0.4, -0.2) is 33.9 Å². The molecule has 200 valence electrons. The molecule has 1 atom stereocenters. The average molecular weight is 523 g/mol. The number of oxazole rings is 1. The molecule has 7 nitrogen and oxygen atoms in total. The van der Waals surface area contributed by atoms with Gasteiger partial charge in [0.05, 0.1) is 19.2 Å². The predicted octanol–water partition coefficient (Wildman–Crippen LogP) is 6.29. The van der Waals surface area contributed by atoms with Crippen molar-refractivity contribution >= 4 is 16.8 Å². The number of amides is 1. The summed E-state index contributed by atoms with van der Waals surface area (Å²) in [4.78, 5) is 23.0. The van der Waals surface area contributed by atoms with Crippen LogP contribution >= 0.6 is 0 Å². The third-order valence-corrected chi connectivity index (χ3v) is 6.80. The van der Waals surface area contributed by atoms with Crippen molar-refractivity contribution in [3.63, 3.8) is 0 Å². The van der Waals surface area contributed by atoms with Crippen molar-refractivity contribution in [2.24, 2.45) is 0 Å². The second-order valence-electron chi connectivity index (χ2n) is 9.63. The van der Waals surface area contributed by atoms with Crippen molar-refractivity contribution in [1.29, 1.82) is 0 Å². The Labute approximate surface area is 228 Å². The van der Waals surface area contributed by atoms with Gasteiger partial charge in [0.1, 0.15) is 12.0 Å². The number of nitrogens with one attached hydrogen (secondary N) is 2. The Balaban J connectivity index is 1.28.